The summed E-state index contributed by atoms with van der Waals surface area (Å²) in [5, 5.41) is 21.1. The standard InChI is InChI=1S/C16H26N5O7PS/c1-2-3-4-5-6-30-16-19-13(17)10-14(20-16)21(8-18-10)15-12(23)11(22)9(28-15)7-27-29(24,25)26/h8-9,11-12,15,22-23H,2-7H2,1H3,(H2,17,19,20)(H2,24,25,26). The number of anilines is 1. The third-order valence-corrected chi connectivity index (χ3v) is 6.09. The third kappa shape index (κ3) is 5.48. The summed E-state index contributed by atoms with van der Waals surface area (Å²) in [5.74, 6) is 1.02. The molecule has 0 saturated carbocycles. The first-order valence-corrected chi connectivity index (χ1v) is 12.1. The number of thioether (sulfide) groups is 1. The number of aliphatic hydroxyl groups is 2. The highest BCUT2D eigenvalue weighted by molar-refractivity contribution is 7.99. The lowest BCUT2D eigenvalue weighted by Crippen LogP contribution is -2.33. The van der Waals surface area contributed by atoms with E-state index in [2.05, 4.69) is 26.4 Å². The van der Waals surface area contributed by atoms with Crippen LogP contribution in [0.4, 0.5) is 5.82 Å². The van der Waals surface area contributed by atoms with Gasteiger partial charge in [0.1, 0.15) is 23.8 Å². The predicted molar refractivity (Wildman–Crippen MR) is 109 cm³/mol. The summed E-state index contributed by atoms with van der Waals surface area (Å²) in [6.07, 6.45) is 0.761. The first-order valence-electron chi connectivity index (χ1n) is 9.55. The van der Waals surface area contributed by atoms with E-state index in [0.29, 0.717) is 16.3 Å². The number of phosphoric ester groups is 1. The third-order valence-electron chi connectivity index (χ3n) is 4.68. The van der Waals surface area contributed by atoms with Crippen molar-refractivity contribution in [2.75, 3.05) is 18.1 Å². The number of unbranched alkanes of at least 4 members (excludes halogenated alkanes) is 3. The monoisotopic (exact) mass is 463 g/mol. The van der Waals surface area contributed by atoms with Crippen molar-refractivity contribution in [2.24, 2.45) is 0 Å². The van der Waals surface area contributed by atoms with Gasteiger partial charge in [0.2, 0.25) is 0 Å². The molecule has 0 bridgehead atoms. The molecule has 1 saturated heterocycles. The Morgan fingerprint density at radius 3 is 2.73 bits per heavy atom. The average Bonchev–Trinajstić information content (AvgIpc) is 3.21. The minimum Gasteiger partial charge on any atom is -0.387 e. The molecular formula is C16H26N5O7PS. The Balaban J connectivity index is 1.77. The number of aliphatic hydroxyl groups excluding tert-OH is 2. The number of hydrogen-bond acceptors (Lipinski definition) is 10. The number of nitrogens with two attached hydrogens (primary N) is 1. The van der Waals surface area contributed by atoms with Crippen LogP contribution in [0.25, 0.3) is 11.2 Å². The predicted octanol–water partition coefficient (Wildman–Crippen LogP) is 0.809. The van der Waals surface area contributed by atoms with E-state index in [1.165, 1.54) is 29.1 Å². The minimum absolute atomic E-state index is 0.184. The minimum atomic E-state index is -4.75. The summed E-state index contributed by atoms with van der Waals surface area (Å²) in [6, 6.07) is 0. The molecule has 2 aromatic rings. The lowest BCUT2D eigenvalue weighted by atomic mass is 10.1. The number of imidazole rings is 1. The fourth-order valence-corrected chi connectivity index (χ4v) is 4.31. The normalized spacial score (nSPS) is 24.7. The molecule has 168 valence electrons. The molecule has 1 aliphatic rings. The molecule has 0 amide bonds. The van der Waals surface area contributed by atoms with Gasteiger partial charge in [-0.1, -0.05) is 37.9 Å². The van der Waals surface area contributed by atoms with Crippen molar-refractivity contribution < 1.29 is 33.8 Å². The first kappa shape index (κ1) is 23.4. The highest BCUT2D eigenvalue weighted by atomic mass is 32.2. The zero-order valence-electron chi connectivity index (χ0n) is 16.4. The van der Waals surface area contributed by atoms with Gasteiger partial charge in [0.05, 0.1) is 12.9 Å². The van der Waals surface area contributed by atoms with E-state index in [4.69, 9.17) is 20.3 Å². The van der Waals surface area contributed by atoms with E-state index >= 15 is 0 Å². The van der Waals surface area contributed by atoms with E-state index in [1.54, 1.807) is 0 Å². The van der Waals surface area contributed by atoms with Crippen molar-refractivity contribution in [1.29, 1.82) is 0 Å². The second-order valence-corrected chi connectivity index (χ2v) is 9.26. The van der Waals surface area contributed by atoms with Gasteiger partial charge in [-0.05, 0) is 6.42 Å². The van der Waals surface area contributed by atoms with Crippen LogP contribution >= 0.6 is 19.6 Å². The van der Waals surface area contributed by atoms with Gasteiger partial charge in [0.15, 0.2) is 22.8 Å². The Labute approximate surface area is 177 Å². The van der Waals surface area contributed by atoms with Crippen LogP contribution in [0.15, 0.2) is 11.5 Å². The summed E-state index contributed by atoms with van der Waals surface area (Å²) in [5.41, 5.74) is 6.66. The van der Waals surface area contributed by atoms with E-state index in [1.807, 2.05) is 0 Å². The molecule has 1 aliphatic heterocycles. The number of nitrogens with zero attached hydrogens (tertiary/aromatic N) is 4. The van der Waals surface area contributed by atoms with Crippen molar-refractivity contribution in [3.8, 4) is 0 Å². The van der Waals surface area contributed by atoms with Gasteiger partial charge in [-0.2, -0.15) is 0 Å². The summed E-state index contributed by atoms with van der Waals surface area (Å²) in [4.78, 5) is 30.6. The van der Waals surface area contributed by atoms with Gasteiger partial charge >= 0.3 is 7.82 Å². The van der Waals surface area contributed by atoms with Crippen molar-refractivity contribution in [1.82, 2.24) is 19.5 Å². The summed E-state index contributed by atoms with van der Waals surface area (Å²) in [7, 11) is -4.75. The molecule has 4 unspecified atom stereocenters. The molecule has 14 heteroatoms. The van der Waals surface area contributed by atoms with Crippen molar-refractivity contribution in [3.05, 3.63) is 6.33 Å². The molecule has 3 rings (SSSR count). The van der Waals surface area contributed by atoms with Gasteiger partial charge in [-0.3, -0.25) is 9.09 Å². The number of aromatic nitrogens is 4. The quantitative estimate of drug-likeness (QED) is 0.145. The van der Waals surface area contributed by atoms with Crippen LogP contribution in [0.1, 0.15) is 38.8 Å². The summed E-state index contributed by atoms with van der Waals surface area (Å²) in [6.45, 7) is 1.55. The number of fused-ring (bicyclic) bond motifs is 1. The van der Waals surface area contributed by atoms with Crippen molar-refractivity contribution in [2.45, 2.75) is 62.3 Å². The highest BCUT2D eigenvalue weighted by Crippen LogP contribution is 2.39. The number of ether oxygens (including phenoxy) is 1. The van der Waals surface area contributed by atoms with Crippen LogP contribution in [0, 0.1) is 0 Å². The number of phosphoric acid groups is 1. The summed E-state index contributed by atoms with van der Waals surface area (Å²) < 4.78 is 22.3. The number of hydrogen-bond donors (Lipinski definition) is 5. The van der Waals surface area contributed by atoms with Crippen LogP contribution in [0.5, 0.6) is 0 Å². The van der Waals surface area contributed by atoms with Crippen LogP contribution in [-0.2, 0) is 13.8 Å². The molecule has 12 nitrogen and oxygen atoms in total. The van der Waals surface area contributed by atoms with Gasteiger partial charge < -0.3 is 30.5 Å². The Hall–Kier alpha value is -1.31. The molecule has 2 aromatic heterocycles. The SMILES string of the molecule is CCCCCCSc1nc(N)c2ncn(C3OC(COP(=O)(O)O)C(O)C3O)c2n1. The van der Waals surface area contributed by atoms with Crippen LogP contribution in [0.3, 0.4) is 0 Å². The van der Waals surface area contributed by atoms with E-state index in [9.17, 15) is 14.8 Å². The fourth-order valence-electron chi connectivity index (χ4n) is 3.13. The van der Waals surface area contributed by atoms with E-state index < -0.39 is 39.0 Å². The topological polar surface area (TPSA) is 186 Å². The molecule has 30 heavy (non-hydrogen) atoms. The largest absolute Gasteiger partial charge is 0.469 e. The van der Waals surface area contributed by atoms with Gasteiger partial charge in [-0.25, -0.2) is 19.5 Å². The average molecular weight is 463 g/mol. The lowest BCUT2D eigenvalue weighted by molar-refractivity contribution is -0.0504. The molecule has 6 N–H and O–H groups in total. The summed E-state index contributed by atoms with van der Waals surface area (Å²) >= 11 is 1.46. The molecular weight excluding hydrogens is 437 g/mol. The van der Waals surface area contributed by atoms with Crippen LogP contribution < -0.4 is 5.73 Å². The van der Waals surface area contributed by atoms with E-state index in [0.717, 1.165) is 25.0 Å². The van der Waals surface area contributed by atoms with Crippen molar-refractivity contribution >= 4 is 36.6 Å². The fraction of sp³-hybridized carbons (Fsp3) is 0.688. The lowest BCUT2D eigenvalue weighted by Gasteiger charge is -2.17. The second-order valence-electron chi connectivity index (χ2n) is 6.96. The number of rotatable bonds is 10. The molecule has 1 fully saturated rings. The maximum Gasteiger partial charge on any atom is 0.469 e. The highest BCUT2D eigenvalue weighted by Gasteiger charge is 2.45. The maximum absolute atomic E-state index is 10.9. The first-order chi connectivity index (χ1) is 14.2. The smallest absolute Gasteiger partial charge is 0.387 e. The van der Waals surface area contributed by atoms with E-state index in [-0.39, 0.29) is 5.82 Å². The Bertz CT molecular complexity index is 909. The zero-order chi connectivity index (χ0) is 21.9. The molecule has 0 aromatic carbocycles. The second kappa shape index (κ2) is 9.88. The molecule has 0 radical (unpaired) electrons. The van der Waals surface area contributed by atoms with Gasteiger partial charge in [0.25, 0.3) is 0 Å². The van der Waals surface area contributed by atoms with Crippen molar-refractivity contribution in [3.63, 3.8) is 0 Å². The maximum atomic E-state index is 10.9. The number of nitrogen functional groups attached to an aromatic ring is 1. The molecule has 0 spiro atoms. The van der Waals surface area contributed by atoms with Crippen LogP contribution in [0.2, 0.25) is 0 Å². The molecule has 3 heterocycles. The molecule has 0 aliphatic carbocycles. The van der Waals surface area contributed by atoms with Gasteiger partial charge in [-0.15, -0.1) is 0 Å². The Morgan fingerprint density at radius 2 is 2.03 bits per heavy atom. The Morgan fingerprint density at radius 1 is 1.27 bits per heavy atom. The molecule has 4 atom stereocenters. The van der Waals surface area contributed by atoms with Crippen LogP contribution in [-0.4, -0.2) is 70.2 Å². The Kier molecular flexibility index (Phi) is 7.69. The zero-order valence-corrected chi connectivity index (χ0v) is 18.1. The van der Waals surface area contributed by atoms with Gasteiger partial charge in [0, 0.05) is 5.75 Å².